The lowest BCUT2D eigenvalue weighted by molar-refractivity contribution is -0.132. The van der Waals surface area contributed by atoms with Gasteiger partial charge in [-0.05, 0) is 86.2 Å². The van der Waals surface area contributed by atoms with Gasteiger partial charge in [-0.3, -0.25) is 4.79 Å². The molecule has 0 spiro atoms. The lowest BCUT2D eigenvalue weighted by atomic mass is 9.49. The molecule has 26 heavy (non-hydrogen) atoms. The van der Waals surface area contributed by atoms with E-state index in [1.165, 1.54) is 5.57 Å². The van der Waals surface area contributed by atoms with Crippen LogP contribution in [0.1, 0.15) is 51.9 Å². The van der Waals surface area contributed by atoms with Crippen molar-refractivity contribution in [3.8, 4) is 0 Å². The molecule has 0 saturated heterocycles. The Morgan fingerprint density at radius 3 is 2.77 bits per heavy atom. The molecule has 4 saturated carbocycles. The van der Waals surface area contributed by atoms with Crippen molar-refractivity contribution < 1.29 is 19.8 Å². The van der Waals surface area contributed by atoms with E-state index in [4.69, 9.17) is 5.11 Å². The molecule has 5 aliphatic rings. The third kappa shape index (κ3) is 2.05. The fourth-order valence-electron chi connectivity index (χ4n) is 7.74. The molecule has 0 heterocycles. The third-order valence-corrected chi connectivity index (χ3v) is 8.81. The second kappa shape index (κ2) is 5.31. The van der Waals surface area contributed by atoms with Crippen molar-refractivity contribution in [2.24, 2.45) is 40.9 Å². The molecule has 0 bridgehead atoms. The van der Waals surface area contributed by atoms with E-state index in [1.807, 2.05) is 6.08 Å². The fourth-order valence-corrected chi connectivity index (χ4v) is 7.74. The van der Waals surface area contributed by atoms with Gasteiger partial charge in [0.05, 0.1) is 5.60 Å². The first kappa shape index (κ1) is 16.7. The third-order valence-electron chi connectivity index (χ3n) is 8.81. The highest BCUT2D eigenvalue weighted by molar-refractivity contribution is 5.91. The van der Waals surface area contributed by atoms with Gasteiger partial charge < -0.3 is 10.2 Å². The van der Waals surface area contributed by atoms with Crippen molar-refractivity contribution in [2.75, 3.05) is 0 Å². The number of ketones is 1. The number of hydrogen-bond donors (Lipinski definition) is 2. The number of hydrogen-bond acceptors (Lipinski definition) is 3. The van der Waals surface area contributed by atoms with Crippen molar-refractivity contribution in [1.29, 1.82) is 0 Å². The average Bonchev–Trinajstić information content (AvgIpc) is 3.36. The Kier molecular flexibility index (Phi) is 3.42. The molecule has 0 amide bonds. The number of fused-ring (bicyclic) bond motifs is 7. The maximum absolute atomic E-state index is 11.8. The first-order valence-corrected chi connectivity index (χ1v) is 10.2. The van der Waals surface area contributed by atoms with E-state index in [0.717, 1.165) is 44.6 Å². The molecule has 5 aliphatic carbocycles. The number of allylic oxidation sites excluding steroid dienone is 1. The zero-order valence-electron chi connectivity index (χ0n) is 15.4. The summed E-state index contributed by atoms with van der Waals surface area (Å²) in [5.41, 5.74) is 0.210. The van der Waals surface area contributed by atoms with E-state index < -0.39 is 11.6 Å². The summed E-state index contributed by atoms with van der Waals surface area (Å²) in [6.07, 6.45) is 11.6. The molecular formula is C22H28O4. The minimum Gasteiger partial charge on any atom is -0.478 e. The first-order chi connectivity index (χ1) is 12.3. The molecule has 140 valence electrons. The van der Waals surface area contributed by atoms with Crippen molar-refractivity contribution in [3.63, 3.8) is 0 Å². The largest absolute Gasteiger partial charge is 0.478 e. The SMILES string of the molecule is C[C@]12CC[C@H]3[C@@H](CCC4=CC(=O)CC[C@@H]43)[C@@H]1[C@@H]1C[C@@H]1[C@@]2(O)/C=C\C(=O)O. The smallest absolute Gasteiger partial charge is 0.328 e. The van der Waals surface area contributed by atoms with Gasteiger partial charge in [0, 0.05) is 17.9 Å². The van der Waals surface area contributed by atoms with Crippen LogP contribution >= 0.6 is 0 Å². The highest BCUT2D eigenvalue weighted by atomic mass is 16.4. The summed E-state index contributed by atoms with van der Waals surface area (Å²) in [6.45, 7) is 2.21. The van der Waals surface area contributed by atoms with Crippen LogP contribution in [-0.4, -0.2) is 27.6 Å². The maximum atomic E-state index is 11.8. The van der Waals surface area contributed by atoms with E-state index in [0.29, 0.717) is 41.8 Å². The van der Waals surface area contributed by atoms with Crippen molar-refractivity contribution in [3.05, 3.63) is 23.8 Å². The lowest BCUT2D eigenvalue weighted by Gasteiger charge is -2.56. The van der Waals surface area contributed by atoms with Crippen LogP contribution in [0.2, 0.25) is 0 Å². The van der Waals surface area contributed by atoms with Gasteiger partial charge in [0.1, 0.15) is 0 Å². The molecule has 0 aromatic carbocycles. The fraction of sp³-hybridized carbons (Fsp3) is 0.727. The molecule has 2 N–H and O–H groups in total. The molecule has 8 atom stereocenters. The van der Waals surface area contributed by atoms with Gasteiger partial charge in [0.25, 0.3) is 0 Å². The van der Waals surface area contributed by atoms with Gasteiger partial charge in [0.15, 0.2) is 5.78 Å². The van der Waals surface area contributed by atoms with Gasteiger partial charge >= 0.3 is 5.97 Å². The molecule has 4 nitrogen and oxygen atoms in total. The molecule has 0 aromatic rings. The monoisotopic (exact) mass is 356 g/mol. The molecule has 0 radical (unpaired) electrons. The topological polar surface area (TPSA) is 74.6 Å². The summed E-state index contributed by atoms with van der Waals surface area (Å²) in [5.74, 6) is 2.43. The van der Waals surface area contributed by atoms with Crippen LogP contribution in [0.25, 0.3) is 0 Å². The lowest BCUT2D eigenvalue weighted by Crippen LogP contribution is -2.54. The van der Waals surface area contributed by atoms with Crippen LogP contribution in [0, 0.1) is 40.9 Å². The number of carboxylic acids is 1. The Balaban J connectivity index is 1.48. The van der Waals surface area contributed by atoms with E-state index in [-0.39, 0.29) is 11.3 Å². The molecule has 0 aliphatic heterocycles. The van der Waals surface area contributed by atoms with E-state index in [2.05, 4.69) is 6.92 Å². The van der Waals surface area contributed by atoms with Crippen molar-refractivity contribution >= 4 is 11.8 Å². The summed E-state index contributed by atoms with van der Waals surface area (Å²) in [4.78, 5) is 22.9. The number of carboxylic acid groups (broad SMARTS) is 1. The number of aliphatic hydroxyl groups is 1. The van der Waals surface area contributed by atoms with E-state index in [1.54, 1.807) is 6.08 Å². The van der Waals surface area contributed by atoms with Gasteiger partial charge in [0.2, 0.25) is 0 Å². The Hall–Kier alpha value is -1.42. The molecule has 0 unspecified atom stereocenters. The van der Waals surface area contributed by atoms with Crippen LogP contribution in [0.15, 0.2) is 23.8 Å². The van der Waals surface area contributed by atoms with Crippen LogP contribution in [0.5, 0.6) is 0 Å². The molecule has 4 fully saturated rings. The Labute approximate surface area is 154 Å². The van der Waals surface area contributed by atoms with Crippen LogP contribution < -0.4 is 0 Å². The standard InChI is InChI=1S/C22H28O4/c1-21-8-6-15-14-5-3-13(23)10-12(14)2-4-16(15)20(21)17-11-18(17)22(21,26)9-7-19(24)25/h7,9-10,14-18,20,26H,2-6,8,11H2,1H3,(H,24,25)/b9-7-/t14-,15+,16+,17+,18-,20+,21-,22-/m0/s1. The van der Waals surface area contributed by atoms with Gasteiger partial charge in [-0.1, -0.05) is 12.5 Å². The zero-order chi connectivity index (χ0) is 18.3. The Bertz CT molecular complexity index is 736. The summed E-state index contributed by atoms with van der Waals surface area (Å²) < 4.78 is 0. The molecular weight excluding hydrogens is 328 g/mol. The summed E-state index contributed by atoms with van der Waals surface area (Å²) >= 11 is 0. The normalized spacial score (nSPS) is 51.9. The highest BCUT2D eigenvalue weighted by Gasteiger charge is 2.74. The van der Waals surface area contributed by atoms with E-state index >= 15 is 0 Å². The van der Waals surface area contributed by atoms with Crippen LogP contribution in [-0.2, 0) is 9.59 Å². The van der Waals surface area contributed by atoms with Crippen molar-refractivity contribution in [2.45, 2.75) is 57.5 Å². The highest BCUT2D eigenvalue weighted by Crippen LogP contribution is 2.76. The predicted molar refractivity (Wildman–Crippen MR) is 96.2 cm³/mol. The number of carbonyl (C=O) groups is 2. The number of aliphatic carboxylic acids is 1. The van der Waals surface area contributed by atoms with Gasteiger partial charge in [-0.15, -0.1) is 0 Å². The zero-order valence-corrected chi connectivity index (χ0v) is 15.4. The summed E-state index contributed by atoms with van der Waals surface area (Å²) in [5, 5.41) is 20.6. The number of carbonyl (C=O) groups excluding carboxylic acids is 1. The molecule has 5 rings (SSSR count). The average molecular weight is 356 g/mol. The minimum atomic E-state index is -0.976. The van der Waals surface area contributed by atoms with Gasteiger partial charge in [-0.2, -0.15) is 0 Å². The van der Waals surface area contributed by atoms with Crippen molar-refractivity contribution in [1.82, 2.24) is 0 Å². The first-order valence-electron chi connectivity index (χ1n) is 10.2. The summed E-state index contributed by atoms with van der Waals surface area (Å²) in [7, 11) is 0. The maximum Gasteiger partial charge on any atom is 0.328 e. The second-order valence-corrected chi connectivity index (χ2v) is 9.68. The molecule has 0 aromatic heterocycles. The number of rotatable bonds is 2. The Morgan fingerprint density at radius 2 is 2.00 bits per heavy atom. The van der Waals surface area contributed by atoms with Crippen LogP contribution in [0.4, 0.5) is 0 Å². The van der Waals surface area contributed by atoms with Gasteiger partial charge in [-0.25, -0.2) is 4.79 Å². The minimum absolute atomic E-state index is 0.209. The quantitative estimate of drug-likeness (QED) is 0.744. The van der Waals surface area contributed by atoms with E-state index in [9.17, 15) is 14.7 Å². The summed E-state index contributed by atoms with van der Waals surface area (Å²) in [6, 6.07) is 0. The Morgan fingerprint density at radius 1 is 1.19 bits per heavy atom. The van der Waals surface area contributed by atoms with Crippen LogP contribution in [0.3, 0.4) is 0 Å². The predicted octanol–water partition coefficient (Wildman–Crippen LogP) is 3.36. The second-order valence-electron chi connectivity index (χ2n) is 9.68. The molecule has 4 heteroatoms.